The van der Waals surface area contributed by atoms with Crippen molar-refractivity contribution in [2.45, 2.75) is 19.9 Å². The number of carbonyl (C=O) groups is 2. The van der Waals surface area contributed by atoms with Gasteiger partial charge in [-0.1, -0.05) is 29.8 Å². The predicted molar refractivity (Wildman–Crippen MR) is 112 cm³/mol. The van der Waals surface area contributed by atoms with E-state index in [0.717, 1.165) is 12.0 Å². The molecule has 1 aliphatic heterocycles. The number of aryl methyl sites for hydroxylation is 1. The van der Waals surface area contributed by atoms with Crippen molar-refractivity contribution in [2.24, 2.45) is 0 Å². The predicted octanol–water partition coefficient (Wildman–Crippen LogP) is 3.42. The van der Waals surface area contributed by atoms with Gasteiger partial charge in [-0.05, 0) is 37.1 Å². The summed E-state index contributed by atoms with van der Waals surface area (Å²) in [5.74, 6) is 0.329. The van der Waals surface area contributed by atoms with Crippen molar-refractivity contribution in [3.05, 3.63) is 53.6 Å². The molecule has 0 aromatic heterocycles. The topological polar surface area (TPSA) is 71.1 Å². The average Bonchev–Trinajstić information content (AvgIpc) is 2.70. The number of ether oxygens (including phenoxy) is 2. The van der Waals surface area contributed by atoms with Crippen LogP contribution in [0.4, 0.5) is 16.2 Å². The van der Waals surface area contributed by atoms with Crippen LogP contribution < -0.4 is 15.0 Å². The molecule has 154 valence electrons. The molecule has 0 atom stereocenters. The molecular weight excluding hydrogens is 370 g/mol. The number of methoxy groups -OCH3 is 2. The van der Waals surface area contributed by atoms with E-state index in [2.05, 4.69) is 11.4 Å². The maximum atomic E-state index is 13.2. The van der Waals surface area contributed by atoms with E-state index in [1.54, 1.807) is 30.2 Å². The number of benzene rings is 2. The largest absolute Gasteiger partial charge is 0.495 e. The Kier molecular flexibility index (Phi) is 6.72. The zero-order valence-electron chi connectivity index (χ0n) is 17.1. The number of anilines is 2. The Morgan fingerprint density at radius 1 is 1.14 bits per heavy atom. The summed E-state index contributed by atoms with van der Waals surface area (Å²) in [6, 6.07) is 13.4. The lowest BCUT2D eigenvalue weighted by molar-refractivity contribution is -0.119. The van der Waals surface area contributed by atoms with Crippen LogP contribution in [0.3, 0.4) is 0 Å². The number of hydrogen-bond donors (Lipinski definition) is 1. The fourth-order valence-electron chi connectivity index (χ4n) is 3.49. The van der Waals surface area contributed by atoms with E-state index in [0.29, 0.717) is 36.8 Å². The van der Waals surface area contributed by atoms with Gasteiger partial charge in [0, 0.05) is 32.4 Å². The van der Waals surface area contributed by atoms with Crippen molar-refractivity contribution in [1.29, 1.82) is 0 Å². The van der Waals surface area contributed by atoms with E-state index < -0.39 is 0 Å². The highest BCUT2D eigenvalue weighted by Gasteiger charge is 2.29. The molecule has 0 saturated carbocycles. The number of amides is 3. The van der Waals surface area contributed by atoms with Crippen LogP contribution in [0.15, 0.2) is 42.5 Å². The molecule has 2 aromatic rings. The van der Waals surface area contributed by atoms with Gasteiger partial charge >= 0.3 is 6.03 Å². The highest BCUT2D eigenvalue weighted by molar-refractivity contribution is 5.97. The van der Waals surface area contributed by atoms with Gasteiger partial charge in [0.2, 0.25) is 5.91 Å². The molecule has 7 nitrogen and oxygen atoms in total. The Bertz CT molecular complexity index is 884. The number of urea groups is 1. The van der Waals surface area contributed by atoms with E-state index in [1.165, 1.54) is 12.7 Å². The Morgan fingerprint density at radius 2 is 1.97 bits per heavy atom. The van der Waals surface area contributed by atoms with Crippen molar-refractivity contribution in [2.75, 3.05) is 44.1 Å². The van der Waals surface area contributed by atoms with Crippen LogP contribution in [0.2, 0.25) is 0 Å². The van der Waals surface area contributed by atoms with Crippen molar-refractivity contribution in [1.82, 2.24) is 4.90 Å². The van der Waals surface area contributed by atoms with E-state index >= 15 is 0 Å². The fourth-order valence-corrected chi connectivity index (χ4v) is 3.49. The van der Waals surface area contributed by atoms with Gasteiger partial charge < -0.3 is 19.7 Å². The molecular formula is C22H27N3O4. The molecule has 29 heavy (non-hydrogen) atoms. The summed E-state index contributed by atoms with van der Waals surface area (Å²) in [5.41, 5.74) is 3.51. The van der Waals surface area contributed by atoms with Gasteiger partial charge in [0.05, 0.1) is 12.8 Å². The monoisotopic (exact) mass is 397 g/mol. The molecule has 0 spiro atoms. The molecule has 1 N–H and O–H groups in total. The molecule has 3 amide bonds. The van der Waals surface area contributed by atoms with Crippen LogP contribution in [0.5, 0.6) is 5.75 Å². The van der Waals surface area contributed by atoms with Gasteiger partial charge in [0.25, 0.3) is 0 Å². The smallest absolute Gasteiger partial charge is 0.324 e. The number of rotatable bonds is 7. The summed E-state index contributed by atoms with van der Waals surface area (Å²) in [7, 11) is 3.04. The van der Waals surface area contributed by atoms with E-state index in [4.69, 9.17) is 9.47 Å². The van der Waals surface area contributed by atoms with E-state index in [9.17, 15) is 9.59 Å². The highest BCUT2D eigenvalue weighted by atomic mass is 16.5. The zero-order chi connectivity index (χ0) is 20.8. The number of carbonyl (C=O) groups excluding carboxylic acids is 2. The number of hydrogen-bond acceptors (Lipinski definition) is 4. The third-order valence-corrected chi connectivity index (χ3v) is 4.80. The van der Waals surface area contributed by atoms with Crippen LogP contribution in [0, 0.1) is 6.92 Å². The quantitative estimate of drug-likeness (QED) is 0.777. The molecule has 1 saturated heterocycles. The summed E-state index contributed by atoms with van der Waals surface area (Å²) in [4.78, 5) is 28.6. The summed E-state index contributed by atoms with van der Waals surface area (Å²) >= 11 is 0. The second kappa shape index (κ2) is 9.43. The SMILES string of the molecule is COCC(=O)Nc1ccc(OC)c(N2CCCN(Cc3cccc(C)c3)C2=O)c1. The minimum atomic E-state index is -0.255. The van der Waals surface area contributed by atoms with Crippen molar-refractivity contribution < 1.29 is 19.1 Å². The molecule has 3 rings (SSSR count). The summed E-state index contributed by atoms with van der Waals surface area (Å²) in [6.45, 7) is 3.87. The van der Waals surface area contributed by atoms with Crippen LogP contribution in [0.1, 0.15) is 17.5 Å². The second-order valence-electron chi connectivity index (χ2n) is 7.07. The summed E-state index contributed by atoms with van der Waals surface area (Å²) < 4.78 is 10.3. The Morgan fingerprint density at radius 3 is 2.69 bits per heavy atom. The first kappa shape index (κ1) is 20.7. The van der Waals surface area contributed by atoms with E-state index in [1.807, 2.05) is 30.0 Å². The van der Waals surface area contributed by atoms with Gasteiger partial charge in [-0.2, -0.15) is 0 Å². The van der Waals surface area contributed by atoms with Crippen LogP contribution in [-0.4, -0.2) is 50.8 Å². The maximum absolute atomic E-state index is 13.2. The van der Waals surface area contributed by atoms with Crippen molar-refractivity contribution in [3.63, 3.8) is 0 Å². The molecule has 0 aliphatic carbocycles. The third kappa shape index (κ3) is 5.06. The van der Waals surface area contributed by atoms with Gasteiger partial charge in [-0.3, -0.25) is 9.69 Å². The molecule has 0 bridgehead atoms. The number of nitrogens with zero attached hydrogens (tertiary/aromatic N) is 2. The second-order valence-corrected chi connectivity index (χ2v) is 7.07. The van der Waals surface area contributed by atoms with Gasteiger partial charge in [-0.15, -0.1) is 0 Å². The average molecular weight is 397 g/mol. The molecule has 1 heterocycles. The number of nitrogens with one attached hydrogen (secondary N) is 1. The standard InChI is InChI=1S/C22H27N3O4/c1-16-6-4-7-17(12-16)14-24-10-5-11-25(22(24)27)19-13-18(8-9-20(19)29-3)23-21(26)15-28-2/h4,6-9,12-13H,5,10-11,14-15H2,1-3H3,(H,23,26). The maximum Gasteiger partial charge on any atom is 0.324 e. The first-order valence-corrected chi connectivity index (χ1v) is 9.60. The van der Waals surface area contributed by atoms with Crippen molar-refractivity contribution in [3.8, 4) is 5.75 Å². The normalized spacial score (nSPS) is 14.1. The fraction of sp³-hybridized carbons (Fsp3) is 0.364. The molecule has 0 unspecified atom stereocenters. The lowest BCUT2D eigenvalue weighted by Gasteiger charge is -2.36. The van der Waals surface area contributed by atoms with Gasteiger partial charge in [-0.25, -0.2) is 4.79 Å². The van der Waals surface area contributed by atoms with Crippen molar-refractivity contribution >= 4 is 23.3 Å². The summed E-state index contributed by atoms with van der Waals surface area (Å²) in [6.07, 6.45) is 0.848. The zero-order valence-corrected chi connectivity index (χ0v) is 17.1. The summed E-state index contributed by atoms with van der Waals surface area (Å²) in [5, 5.41) is 2.77. The van der Waals surface area contributed by atoms with Gasteiger partial charge in [0.1, 0.15) is 12.4 Å². The molecule has 1 aliphatic rings. The minimum absolute atomic E-state index is 0.0335. The van der Waals surface area contributed by atoms with Crippen LogP contribution >= 0.6 is 0 Å². The van der Waals surface area contributed by atoms with Gasteiger partial charge in [0.15, 0.2) is 0 Å². The molecule has 2 aromatic carbocycles. The minimum Gasteiger partial charge on any atom is -0.495 e. The first-order chi connectivity index (χ1) is 14.0. The Hall–Kier alpha value is -3.06. The van der Waals surface area contributed by atoms with E-state index in [-0.39, 0.29) is 18.5 Å². The van der Waals surface area contributed by atoms with Crippen LogP contribution in [0.25, 0.3) is 0 Å². The highest BCUT2D eigenvalue weighted by Crippen LogP contribution is 2.33. The van der Waals surface area contributed by atoms with Crippen LogP contribution in [-0.2, 0) is 16.1 Å². The lowest BCUT2D eigenvalue weighted by Crippen LogP contribution is -2.49. The molecule has 0 radical (unpaired) electrons. The Labute approximate surface area is 171 Å². The molecule has 7 heteroatoms. The first-order valence-electron chi connectivity index (χ1n) is 9.60. The third-order valence-electron chi connectivity index (χ3n) is 4.80. The lowest BCUT2D eigenvalue weighted by atomic mass is 10.1. The molecule has 1 fully saturated rings. The Balaban J connectivity index is 1.82.